The van der Waals surface area contributed by atoms with E-state index in [0.29, 0.717) is 32.0 Å². The SMILES string of the molecule is O=C1CCC(c2ccccc2)(c2ccccc2)CN1C[C@H]1CC(=O)N(C2CC2)C1. The molecule has 0 bridgehead atoms. The van der Waals surface area contributed by atoms with E-state index in [0.717, 1.165) is 25.8 Å². The van der Waals surface area contributed by atoms with Crippen molar-refractivity contribution in [2.45, 2.75) is 43.6 Å². The molecule has 150 valence electrons. The first-order chi connectivity index (χ1) is 14.2. The molecule has 0 radical (unpaired) electrons. The van der Waals surface area contributed by atoms with Crippen molar-refractivity contribution in [1.29, 1.82) is 0 Å². The highest BCUT2D eigenvalue weighted by Gasteiger charge is 2.44. The van der Waals surface area contributed by atoms with Gasteiger partial charge in [-0.3, -0.25) is 9.59 Å². The van der Waals surface area contributed by atoms with Crippen molar-refractivity contribution < 1.29 is 9.59 Å². The summed E-state index contributed by atoms with van der Waals surface area (Å²) in [5, 5.41) is 0. The molecule has 2 saturated heterocycles. The molecule has 4 nitrogen and oxygen atoms in total. The molecule has 2 aromatic rings. The predicted octanol–water partition coefficient (Wildman–Crippen LogP) is 3.61. The summed E-state index contributed by atoms with van der Waals surface area (Å²) < 4.78 is 0. The van der Waals surface area contributed by atoms with E-state index < -0.39 is 0 Å². The van der Waals surface area contributed by atoms with Crippen LogP contribution in [0.25, 0.3) is 0 Å². The van der Waals surface area contributed by atoms with Gasteiger partial charge in [0.2, 0.25) is 11.8 Å². The summed E-state index contributed by atoms with van der Waals surface area (Å²) in [7, 11) is 0. The van der Waals surface area contributed by atoms with Crippen LogP contribution in [0.4, 0.5) is 0 Å². The molecule has 2 aromatic carbocycles. The van der Waals surface area contributed by atoms with Gasteiger partial charge in [0.25, 0.3) is 0 Å². The van der Waals surface area contributed by atoms with Crippen molar-refractivity contribution >= 4 is 11.8 Å². The van der Waals surface area contributed by atoms with Gasteiger partial charge in [-0.15, -0.1) is 0 Å². The van der Waals surface area contributed by atoms with Crippen LogP contribution in [0, 0.1) is 5.92 Å². The third-order valence-electron chi connectivity index (χ3n) is 6.94. The Bertz CT molecular complexity index is 852. The monoisotopic (exact) mass is 388 g/mol. The van der Waals surface area contributed by atoms with Crippen LogP contribution in [-0.2, 0) is 15.0 Å². The lowest BCUT2D eigenvalue weighted by molar-refractivity contribution is -0.135. The molecule has 2 aliphatic heterocycles. The number of benzene rings is 2. The largest absolute Gasteiger partial charge is 0.341 e. The number of amides is 2. The van der Waals surface area contributed by atoms with Crippen LogP contribution in [-0.4, -0.2) is 47.3 Å². The van der Waals surface area contributed by atoms with Crippen LogP contribution in [0.2, 0.25) is 0 Å². The molecule has 2 heterocycles. The molecule has 0 N–H and O–H groups in total. The highest BCUT2D eigenvalue weighted by Crippen LogP contribution is 2.41. The third-order valence-corrected chi connectivity index (χ3v) is 6.94. The summed E-state index contributed by atoms with van der Waals surface area (Å²) in [5.41, 5.74) is 2.35. The highest BCUT2D eigenvalue weighted by molar-refractivity contribution is 5.80. The normalized spacial score (nSPS) is 24.2. The first-order valence-corrected chi connectivity index (χ1v) is 10.8. The van der Waals surface area contributed by atoms with Gasteiger partial charge < -0.3 is 9.80 Å². The maximum absolute atomic E-state index is 12.9. The second kappa shape index (κ2) is 7.33. The summed E-state index contributed by atoms with van der Waals surface area (Å²) in [6.45, 7) is 2.19. The first kappa shape index (κ1) is 18.4. The third kappa shape index (κ3) is 3.45. The Balaban J connectivity index is 1.42. The van der Waals surface area contributed by atoms with Crippen molar-refractivity contribution in [3.8, 4) is 0 Å². The average molecular weight is 389 g/mol. The average Bonchev–Trinajstić information content (AvgIpc) is 3.54. The fourth-order valence-electron chi connectivity index (χ4n) is 5.27. The van der Waals surface area contributed by atoms with Gasteiger partial charge in [0.1, 0.15) is 0 Å². The molecule has 2 amide bonds. The Kier molecular flexibility index (Phi) is 4.65. The number of rotatable bonds is 5. The molecule has 1 saturated carbocycles. The van der Waals surface area contributed by atoms with E-state index in [2.05, 4.69) is 53.4 Å². The van der Waals surface area contributed by atoms with E-state index >= 15 is 0 Å². The number of piperidine rings is 1. The Hall–Kier alpha value is -2.62. The van der Waals surface area contributed by atoms with E-state index in [1.807, 2.05) is 17.0 Å². The molecule has 1 atom stereocenters. The molecule has 3 aliphatic rings. The van der Waals surface area contributed by atoms with E-state index in [9.17, 15) is 9.59 Å². The molecular weight excluding hydrogens is 360 g/mol. The van der Waals surface area contributed by atoms with Gasteiger partial charge in [0.15, 0.2) is 0 Å². The lowest BCUT2D eigenvalue weighted by atomic mass is 9.69. The van der Waals surface area contributed by atoms with Crippen molar-refractivity contribution in [2.24, 2.45) is 5.92 Å². The first-order valence-electron chi connectivity index (χ1n) is 10.8. The maximum Gasteiger partial charge on any atom is 0.223 e. The van der Waals surface area contributed by atoms with E-state index in [1.165, 1.54) is 11.1 Å². The van der Waals surface area contributed by atoms with Crippen molar-refractivity contribution in [2.75, 3.05) is 19.6 Å². The Morgan fingerprint density at radius 3 is 2.07 bits per heavy atom. The molecule has 0 unspecified atom stereocenters. The maximum atomic E-state index is 12.9. The van der Waals surface area contributed by atoms with Crippen LogP contribution < -0.4 is 0 Å². The predicted molar refractivity (Wildman–Crippen MR) is 112 cm³/mol. The fraction of sp³-hybridized carbons (Fsp3) is 0.440. The summed E-state index contributed by atoms with van der Waals surface area (Å²) in [4.78, 5) is 29.3. The van der Waals surface area contributed by atoms with Crippen molar-refractivity contribution in [3.63, 3.8) is 0 Å². The number of nitrogens with zero attached hydrogens (tertiary/aromatic N) is 2. The molecule has 0 aromatic heterocycles. The summed E-state index contributed by atoms with van der Waals surface area (Å²) in [5.74, 6) is 0.763. The second-order valence-corrected chi connectivity index (χ2v) is 8.94. The molecule has 29 heavy (non-hydrogen) atoms. The summed E-state index contributed by atoms with van der Waals surface area (Å²) in [6.07, 6.45) is 4.26. The quantitative estimate of drug-likeness (QED) is 0.785. The molecule has 1 aliphatic carbocycles. The lowest BCUT2D eigenvalue weighted by Crippen LogP contribution is -2.51. The highest BCUT2D eigenvalue weighted by atomic mass is 16.2. The van der Waals surface area contributed by atoms with Gasteiger partial charge in [-0.2, -0.15) is 0 Å². The number of hydrogen-bond acceptors (Lipinski definition) is 2. The summed E-state index contributed by atoms with van der Waals surface area (Å²) >= 11 is 0. The smallest absolute Gasteiger partial charge is 0.223 e. The van der Waals surface area contributed by atoms with E-state index in [1.54, 1.807) is 0 Å². The minimum absolute atomic E-state index is 0.185. The molecule has 3 fully saturated rings. The second-order valence-electron chi connectivity index (χ2n) is 8.94. The Labute approximate surface area is 172 Å². The minimum Gasteiger partial charge on any atom is -0.341 e. The van der Waals surface area contributed by atoms with Crippen molar-refractivity contribution in [1.82, 2.24) is 9.80 Å². The van der Waals surface area contributed by atoms with Gasteiger partial charge in [-0.05, 0) is 30.4 Å². The van der Waals surface area contributed by atoms with Crippen molar-refractivity contribution in [3.05, 3.63) is 71.8 Å². The van der Waals surface area contributed by atoms with Crippen LogP contribution in [0.3, 0.4) is 0 Å². The number of carbonyl (C=O) groups is 2. The van der Waals surface area contributed by atoms with E-state index in [-0.39, 0.29) is 23.1 Å². The Morgan fingerprint density at radius 1 is 0.862 bits per heavy atom. The summed E-state index contributed by atoms with van der Waals surface area (Å²) in [6, 6.07) is 21.7. The van der Waals surface area contributed by atoms with Crippen LogP contribution >= 0.6 is 0 Å². The van der Waals surface area contributed by atoms with Crippen LogP contribution in [0.15, 0.2) is 60.7 Å². The minimum atomic E-state index is -0.185. The van der Waals surface area contributed by atoms with Crippen LogP contribution in [0.1, 0.15) is 43.2 Å². The van der Waals surface area contributed by atoms with Gasteiger partial charge in [0, 0.05) is 49.9 Å². The molecule has 0 spiro atoms. The molecule has 5 rings (SSSR count). The number of likely N-dealkylation sites (tertiary alicyclic amines) is 2. The number of hydrogen-bond donors (Lipinski definition) is 0. The molecular formula is C25H28N2O2. The Morgan fingerprint density at radius 2 is 1.48 bits per heavy atom. The molecule has 4 heteroatoms. The zero-order valence-corrected chi connectivity index (χ0v) is 16.8. The van der Waals surface area contributed by atoms with E-state index in [4.69, 9.17) is 0 Å². The van der Waals surface area contributed by atoms with Gasteiger partial charge in [-0.1, -0.05) is 60.7 Å². The van der Waals surface area contributed by atoms with Gasteiger partial charge in [0.05, 0.1) is 0 Å². The van der Waals surface area contributed by atoms with Crippen LogP contribution in [0.5, 0.6) is 0 Å². The fourth-order valence-corrected chi connectivity index (χ4v) is 5.27. The number of carbonyl (C=O) groups excluding carboxylic acids is 2. The zero-order chi connectivity index (χ0) is 19.8. The van der Waals surface area contributed by atoms with Gasteiger partial charge >= 0.3 is 0 Å². The standard InChI is InChI=1S/C25H28N2O2/c28-23-13-14-25(20-7-3-1-4-8-20,21-9-5-2-6-10-21)18-26(23)16-19-15-24(29)27(17-19)22-11-12-22/h1-10,19,22H,11-18H2/t19-/m1/s1. The zero-order valence-electron chi connectivity index (χ0n) is 16.8. The topological polar surface area (TPSA) is 40.6 Å². The lowest BCUT2D eigenvalue weighted by Gasteiger charge is -2.44. The van der Waals surface area contributed by atoms with Gasteiger partial charge in [-0.25, -0.2) is 0 Å².